The highest BCUT2D eigenvalue weighted by Crippen LogP contribution is 2.39. The summed E-state index contributed by atoms with van der Waals surface area (Å²) in [6.07, 6.45) is 1.32. The standard InChI is InChI=1S/C33H30N2O/c1-3-35-32(27-16-8-5-9-17-27)31(26-14-6-4-7-15-26)34-33(35)30-20-11-10-19-29(30)28-18-12-13-25(23-28)22-21-24(2)36/h4-20,23H,3,21-22H2,1-2H3. The Labute approximate surface area is 213 Å². The average Bonchev–Trinajstić information content (AvgIpc) is 3.32. The molecule has 0 spiro atoms. The molecule has 0 N–H and O–H groups in total. The second-order valence-corrected chi connectivity index (χ2v) is 9.06. The first-order valence-electron chi connectivity index (χ1n) is 12.5. The zero-order chi connectivity index (χ0) is 24.9. The van der Waals surface area contributed by atoms with E-state index in [1.807, 2.05) is 12.1 Å². The van der Waals surface area contributed by atoms with E-state index in [0.29, 0.717) is 6.42 Å². The summed E-state index contributed by atoms with van der Waals surface area (Å²) >= 11 is 0. The van der Waals surface area contributed by atoms with Crippen LogP contribution in [-0.2, 0) is 17.8 Å². The molecule has 0 saturated heterocycles. The van der Waals surface area contributed by atoms with Crippen molar-refractivity contribution in [3.63, 3.8) is 0 Å². The number of hydrogen-bond acceptors (Lipinski definition) is 2. The van der Waals surface area contributed by atoms with E-state index in [4.69, 9.17) is 4.98 Å². The van der Waals surface area contributed by atoms with Crippen molar-refractivity contribution >= 4 is 5.78 Å². The van der Waals surface area contributed by atoms with Crippen LogP contribution in [0.15, 0.2) is 109 Å². The normalized spacial score (nSPS) is 10.9. The quantitative estimate of drug-likeness (QED) is 0.230. The Bertz CT molecular complexity index is 1480. The van der Waals surface area contributed by atoms with Gasteiger partial charge in [-0.05, 0) is 37.0 Å². The number of hydrogen-bond donors (Lipinski definition) is 0. The first kappa shape index (κ1) is 23.5. The number of ketones is 1. The van der Waals surface area contributed by atoms with Crippen molar-refractivity contribution in [2.75, 3.05) is 0 Å². The largest absolute Gasteiger partial charge is 0.324 e. The van der Waals surface area contributed by atoms with Gasteiger partial charge in [0, 0.05) is 29.7 Å². The Balaban J connectivity index is 1.70. The van der Waals surface area contributed by atoms with Crippen molar-refractivity contribution in [1.29, 1.82) is 0 Å². The summed E-state index contributed by atoms with van der Waals surface area (Å²) in [5.41, 5.74) is 8.93. The average molecular weight is 471 g/mol. The summed E-state index contributed by atoms with van der Waals surface area (Å²) in [4.78, 5) is 16.8. The third kappa shape index (κ3) is 4.78. The van der Waals surface area contributed by atoms with Crippen LogP contribution in [0.3, 0.4) is 0 Å². The fourth-order valence-corrected chi connectivity index (χ4v) is 4.80. The van der Waals surface area contributed by atoms with Gasteiger partial charge in [0.2, 0.25) is 0 Å². The fourth-order valence-electron chi connectivity index (χ4n) is 4.80. The van der Waals surface area contributed by atoms with Crippen LogP contribution in [0.1, 0.15) is 25.8 Å². The number of Topliss-reactive ketones (excluding diaryl/α,β-unsaturated/α-hetero) is 1. The summed E-state index contributed by atoms with van der Waals surface area (Å²) in [5, 5.41) is 0. The molecule has 5 aromatic rings. The molecule has 0 fully saturated rings. The molecule has 0 aliphatic rings. The van der Waals surface area contributed by atoms with Gasteiger partial charge in [-0.1, -0.05) is 109 Å². The Kier molecular flexibility index (Phi) is 6.90. The zero-order valence-electron chi connectivity index (χ0n) is 20.8. The minimum atomic E-state index is 0.215. The molecule has 4 aromatic carbocycles. The number of aryl methyl sites for hydroxylation is 1. The SMILES string of the molecule is CCn1c(-c2ccccc2-c2cccc(CCC(C)=O)c2)nc(-c2ccccc2)c1-c1ccccc1. The molecule has 5 rings (SSSR count). The number of carbonyl (C=O) groups excluding carboxylic acids is 1. The van der Waals surface area contributed by atoms with E-state index in [9.17, 15) is 4.79 Å². The van der Waals surface area contributed by atoms with Crippen molar-refractivity contribution in [2.45, 2.75) is 33.2 Å². The molecule has 0 amide bonds. The lowest BCUT2D eigenvalue weighted by Gasteiger charge is -2.14. The molecule has 36 heavy (non-hydrogen) atoms. The van der Waals surface area contributed by atoms with Gasteiger partial charge in [-0.2, -0.15) is 0 Å². The molecule has 0 unspecified atom stereocenters. The second-order valence-electron chi connectivity index (χ2n) is 9.06. The number of carbonyl (C=O) groups is 1. The van der Waals surface area contributed by atoms with Crippen LogP contribution in [0.5, 0.6) is 0 Å². The van der Waals surface area contributed by atoms with E-state index >= 15 is 0 Å². The van der Waals surface area contributed by atoms with Crippen molar-refractivity contribution < 1.29 is 4.79 Å². The summed E-state index contributed by atoms with van der Waals surface area (Å²) in [5.74, 6) is 1.17. The molecule has 3 nitrogen and oxygen atoms in total. The van der Waals surface area contributed by atoms with Gasteiger partial charge in [-0.15, -0.1) is 0 Å². The third-order valence-electron chi connectivity index (χ3n) is 6.55. The predicted molar refractivity (Wildman–Crippen MR) is 149 cm³/mol. The molecule has 0 aliphatic carbocycles. The van der Waals surface area contributed by atoms with Crippen molar-refractivity contribution in [3.8, 4) is 45.0 Å². The Hall–Kier alpha value is -4.24. The van der Waals surface area contributed by atoms with Crippen molar-refractivity contribution in [2.24, 2.45) is 0 Å². The van der Waals surface area contributed by atoms with Crippen molar-refractivity contribution in [3.05, 3.63) is 115 Å². The maximum atomic E-state index is 11.5. The Morgan fingerprint density at radius 2 is 1.33 bits per heavy atom. The van der Waals surface area contributed by atoms with E-state index in [0.717, 1.165) is 58.0 Å². The van der Waals surface area contributed by atoms with Gasteiger partial charge in [0.05, 0.1) is 11.4 Å². The lowest BCUT2D eigenvalue weighted by molar-refractivity contribution is -0.116. The number of imidazole rings is 1. The number of nitrogens with zero attached hydrogens (tertiary/aromatic N) is 2. The van der Waals surface area contributed by atoms with Gasteiger partial charge in [-0.25, -0.2) is 4.98 Å². The molecular formula is C33H30N2O. The van der Waals surface area contributed by atoms with Gasteiger partial charge in [-0.3, -0.25) is 0 Å². The molecule has 0 radical (unpaired) electrons. The zero-order valence-corrected chi connectivity index (χ0v) is 20.8. The molecule has 1 aromatic heterocycles. The number of rotatable bonds is 8. The van der Waals surface area contributed by atoms with E-state index in [1.54, 1.807) is 6.92 Å². The molecule has 0 saturated carbocycles. The fraction of sp³-hybridized carbons (Fsp3) is 0.152. The van der Waals surface area contributed by atoms with Gasteiger partial charge in [0.15, 0.2) is 0 Å². The molecule has 0 atom stereocenters. The molecule has 1 heterocycles. The minimum absolute atomic E-state index is 0.215. The minimum Gasteiger partial charge on any atom is -0.324 e. The molecule has 0 bridgehead atoms. The predicted octanol–water partition coefficient (Wildman–Crippen LogP) is 8.09. The Morgan fingerprint density at radius 3 is 2.00 bits per heavy atom. The summed E-state index contributed by atoms with van der Waals surface area (Å²) in [6, 6.07) is 38.0. The monoisotopic (exact) mass is 470 g/mol. The molecule has 178 valence electrons. The number of benzene rings is 4. The smallest absolute Gasteiger partial charge is 0.141 e. The van der Waals surface area contributed by atoms with Crippen LogP contribution in [0.4, 0.5) is 0 Å². The van der Waals surface area contributed by atoms with Crippen LogP contribution in [0.2, 0.25) is 0 Å². The maximum absolute atomic E-state index is 11.5. The van der Waals surface area contributed by atoms with Gasteiger partial charge in [0.25, 0.3) is 0 Å². The van der Waals surface area contributed by atoms with Crippen molar-refractivity contribution in [1.82, 2.24) is 9.55 Å². The van der Waals surface area contributed by atoms with Gasteiger partial charge < -0.3 is 9.36 Å². The van der Waals surface area contributed by atoms with E-state index < -0.39 is 0 Å². The summed E-state index contributed by atoms with van der Waals surface area (Å²) < 4.78 is 2.33. The van der Waals surface area contributed by atoms with Crippen LogP contribution in [-0.4, -0.2) is 15.3 Å². The third-order valence-corrected chi connectivity index (χ3v) is 6.55. The topological polar surface area (TPSA) is 34.9 Å². The highest BCUT2D eigenvalue weighted by molar-refractivity contribution is 5.87. The van der Waals surface area contributed by atoms with Crippen LogP contribution >= 0.6 is 0 Å². The Morgan fingerprint density at radius 1 is 0.722 bits per heavy atom. The van der Waals surface area contributed by atoms with Crippen LogP contribution < -0.4 is 0 Å². The summed E-state index contributed by atoms with van der Waals surface area (Å²) in [7, 11) is 0. The maximum Gasteiger partial charge on any atom is 0.141 e. The lowest BCUT2D eigenvalue weighted by Crippen LogP contribution is -2.01. The first-order chi connectivity index (χ1) is 17.7. The summed E-state index contributed by atoms with van der Waals surface area (Å²) in [6.45, 7) is 4.63. The van der Waals surface area contributed by atoms with Gasteiger partial charge in [0.1, 0.15) is 11.6 Å². The molecule has 0 aliphatic heterocycles. The van der Waals surface area contributed by atoms with Crippen LogP contribution in [0.25, 0.3) is 45.0 Å². The number of aromatic nitrogens is 2. The van der Waals surface area contributed by atoms with Crippen LogP contribution in [0, 0.1) is 0 Å². The van der Waals surface area contributed by atoms with E-state index in [1.165, 1.54) is 5.56 Å². The molecular weight excluding hydrogens is 440 g/mol. The second kappa shape index (κ2) is 10.6. The van der Waals surface area contributed by atoms with E-state index in [2.05, 4.69) is 109 Å². The lowest BCUT2D eigenvalue weighted by atomic mass is 9.96. The molecule has 3 heteroatoms. The highest BCUT2D eigenvalue weighted by Gasteiger charge is 2.22. The highest BCUT2D eigenvalue weighted by atomic mass is 16.1. The first-order valence-corrected chi connectivity index (χ1v) is 12.5. The van der Waals surface area contributed by atoms with Gasteiger partial charge >= 0.3 is 0 Å². The van der Waals surface area contributed by atoms with E-state index in [-0.39, 0.29) is 5.78 Å².